The number of nitrogens with one attached hydrogen (secondary N) is 1. The number of hydrogen-bond acceptors (Lipinski definition) is 2. The van der Waals surface area contributed by atoms with E-state index >= 15 is 0 Å². The highest BCUT2D eigenvalue weighted by Crippen LogP contribution is 2.28. The lowest BCUT2D eigenvalue weighted by Gasteiger charge is -2.37. The van der Waals surface area contributed by atoms with Crippen molar-refractivity contribution in [1.82, 2.24) is 5.32 Å². The van der Waals surface area contributed by atoms with Gasteiger partial charge in [-0.2, -0.15) is 0 Å². The van der Waals surface area contributed by atoms with Crippen molar-refractivity contribution in [3.63, 3.8) is 0 Å². The van der Waals surface area contributed by atoms with Crippen LogP contribution in [-0.2, 0) is 4.74 Å². The van der Waals surface area contributed by atoms with Gasteiger partial charge >= 0.3 is 0 Å². The van der Waals surface area contributed by atoms with E-state index in [9.17, 15) is 0 Å². The molecule has 0 heterocycles. The molecule has 0 amide bonds. The predicted molar refractivity (Wildman–Crippen MR) is 81.0 cm³/mol. The second kappa shape index (κ2) is 8.92. The number of hydrogen-bond donors (Lipinski definition) is 1. The minimum Gasteiger partial charge on any atom is -0.379 e. The van der Waals surface area contributed by atoms with Gasteiger partial charge in [-0.15, -0.1) is 0 Å². The molecule has 3 unspecified atom stereocenters. The molecule has 110 valence electrons. The number of ether oxygens (including phenoxy) is 1. The van der Waals surface area contributed by atoms with Crippen LogP contribution in [0.2, 0.25) is 0 Å². The van der Waals surface area contributed by atoms with Crippen LogP contribution in [0.3, 0.4) is 0 Å². The summed E-state index contributed by atoms with van der Waals surface area (Å²) < 4.78 is 5.79. The monoisotopic (exact) mass is 257 g/mol. The Bertz CT molecular complexity index is 198. The molecule has 0 aliphatic rings. The Morgan fingerprint density at radius 2 is 1.72 bits per heavy atom. The van der Waals surface area contributed by atoms with Gasteiger partial charge in [0.25, 0.3) is 0 Å². The molecule has 0 rings (SSSR count). The summed E-state index contributed by atoms with van der Waals surface area (Å²) >= 11 is 0. The first-order valence-corrected chi connectivity index (χ1v) is 7.62. The molecule has 2 heteroatoms. The highest BCUT2D eigenvalue weighted by Gasteiger charge is 2.32. The van der Waals surface area contributed by atoms with E-state index in [1.807, 2.05) is 7.11 Å². The molecule has 0 aromatic rings. The number of rotatable bonds is 9. The van der Waals surface area contributed by atoms with Crippen LogP contribution >= 0.6 is 0 Å². The minimum absolute atomic E-state index is 0.187. The van der Waals surface area contributed by atoms with Gasteiger partial charge < -0.3 is 10.1 Å². The summed E-state index contributed by atoms with van der Waals surface area (Å²) in [6.07, 6.45) is 5.26. The van der Waals surface area contributed by atoms with Crippen LogP contribution in [0.15, 0.2) is 0 Å². The fourth-order valence-electron chi connectivity index (χ4n) is 2.81. The lowest BCUT2D eigenvalue weighted by atomic mass is 9.81. The largest absolute Gasteiger partial charge is 0.379 e. The first-order valence-electron chi connectivity index (χ1n) is 7.62. The van der Waals surface area contributed by atoms with Crippen molar-refractivity contribution in [3.05, 3.63) is 0 Å². The molecule has 0 fully saturated rings. The lowest BCUT2D eigenvalue weighted by Crippen LogP contribution is -2.48. The molecule has 0 aromatic carbocycles. The summed E-state index contributed by atoms with van der Waals surface area (Å²) in [4.78, 5) is 0. The fraction of sp³-hybridized carbons (Fsp3) is 1.00. The zero-order valence-corrected chi connectivity index (χ0v) is 13.7. The van der Waals surface area contributed by atoms with E-state index in [1.165, 1.54) is 25.7 Å². The summed E-state index contributed by atoms with van der Waals surface area (Å²) in [6, 6.07) is 0.469. The van der Waals surface area contributed by atoms with Crippen LogP contribution in [0.1, 0.15) is 67.2 Å². The van der Waals surface area contributed by atoms with Crippen LogP contribution in [0, 0.1) is 11.3 Å². The van der Waals surface area contributed by atoms with Gasteiger partial charge in [-0.3, -0.25) is 0 Å². The summed E-state index contributed by atoms with van der Waals surface area (Å²) in [6.45, 7) is 14.7. The van der Waals surface area contributed by atoms with Crippen molar-refractivity contribution in [1.29, 1.82) is 0 Å². The highest BCUT2D eigenvalue weighted by atomic mass is 16.5. The Morgan fingerprint density at radius 1 is 1.11 bits per heavy atom. The Labute approximate surface area is 115 Å². The van der Waals surface area contributed by atoms with Crippen LogP contribution in [0.25, 0.3) is 0 Å². The topological polar surface area (TPSA) is 21.3 Å². The number of methoxy groups -OCH3 is 1. The second-order valence-electron chi connectivity index (χ2n) is 6.71. The van der Waals surface area contributed by atoms with Crippen molar-refractivity contribution < 1.29 is 4.74 Å². The lowest BCUT2D eigenvalue weighted by molar-refractivity contribution is -0.0166. The molecule has 0 saturated carbocycles. The van der Waals surface area contributed by atoms with Crippen LogP contribution in [0.4, 0.5) is 0 Å². The predicted octanol–water partition coefficient (Wildman–Crippen LogP) is 4.24. The molecule has 18 heavy (non-hydrogen) atoms. The van der Waals surface area contributed by atoms with Gasteiger partial charge in [0.2, 0.25) is 0 Å². The van der Waals surface area contributed by atoms with E-state index in [0.29, 0.717) is 6.04 Å². The molecule has 1 N–H and O–H groups in total. The maximum absolute atomic E-state index is 5.79. The maximum atomic E-state index is 5.79. The van der Waals surface area contributed by atoms with Gasteiger partial charge in [0.05, 0.1) is 6.10 Å². The van der Waals surface area contributed by atoms with E-state index in [4.69, 9.17) is 4.74 Å². The SMILES string of the molecule is CCCNC(CC(C)CCC)C(OC)C(C)(C)C. The molecular weight excluding hydrogens is 222 g/mol. The van der Waals surface area contributed by atoms with Crippen LogP contribution in [0.5, 0.6) is 0 Å². The molecule has 3 atom stereocenters. The van der Waals surface area contributed by atoms with Crippen LogP contribution in [-0.4, -0.2) is 25.8 Å². The van der Waals surface area contributed by atoms with Crippen molar-refractivity contribution >= 4 is 0 Å². The Kier molecular flexibility index (Phi) is 8.89. The Balaban J connectivity index is 4.62. The average Bonchev–Trinajstić information content (AvgIpc) is 2.24. The summed E-state index contributed by atoms with van der Waals surface area (Å²) in [5.41, 5.74) is 0.187. The third kappa shape index (κ3) is 6.75. The van der Waals surface area contributed by atoms with Crippen molar-refractivity contribution in [2.24, 2.45) is 11.3 Å². The first kappa shape index (κ1) is 17.9. The van der Waals surface area contributed by atoms with E-state index in [1.54, 1.807) is 0 Å². The standard InChI is InChI=1S/C16H35NO/c1-8-10-13(3)12-14(17-11-9-2)15(18-7)16(4,5)6/h13-15,17H,8-12H2,1-7H3. The van der Waals surface area contributed by atoms with E-state index in [0.717, 1.165) is 12.5 Å². The molecule has 0 radical (unpaired) electrons. The van der Waals surface area contributed by atoms with Crippen molar-refractivity contribution in [3.8, 4) is 0 Å². The van der Waals surface area contributed by atoms with E-state index < -0.39 is 0 Å². The van der Waals surface area contributed by atoms with Gasteiger partial charge in [0, 0.05) is 13.2 Å². The Hall–Kier alpha value is -0.0800. The van der Waals surface area contributed by atoms with E-state index in [2.05, 4.69) is 46.9 Å². The van der Waals surface area contributed by atoms with Crippen molar-refractivity contribution in [2.75, 3.05) is 13.7 Å². The summed E-state index contributed by atoms with van der Waals surface area (Å²) in [5.74, 6) is 0.768. The average molecular weight is 257 g/mol. The third-order valence-electron chi connectivity index (χ3n) is 3.57. The smallest absolute Gasteiger partial charge is 0.0772 e. The van der Waals surface area contributed by atoms with Crippen molar-refractivity contribution in [2.45, 2.75) is 79.4 Å². The van der Waals surface area contributed by atoms with Gasteiger partial charge in [-0.05, 0) is 30.7 Å². The molecule has 0 aliphatic heterocycles. The molecule has 0 aromatic heterocycles. The van der Waals surface area contributed by atoms with Gasteiger partial charge in [0.1, 0.15) is 0 Å². The van der Waals surface area contributed by atoms with E-state index in [-0.39, 0.29) is 11.5 Å². The first-order chi connectivity index (χ1) is 8.36. The molecule has 0 aliphatic carbocycles. The quantitative estimate of drug-likeness (QED) is 0.667. The Morgan fingerprint density at radius 3 is 2.11 bits per heavy atom. The zero-order valence-electron chi connectivity index (χ0n) is 13.7. The molecule has 0 spiro atoms. The summed E-state index contributed by atoms with van der Waals surface area (Å²) in [5, 5.41) is 3.69. The zero-order chi connectivity index (χ0) is 14.2. The van der Waals surface area contributed by atoms with Gasteiger partial charge in [0.15, 0.2) is 0 Å². The van der Waals surface area contributed by atoms with Gasteiger partial charge in [-0.25, -0.2) is 0 Å². The normalized spacial score (nSPS) is 17.5. The third-order valence-corrected chi connectivity index (χ3v) is 3.57. The molecule has 0 bridgehead atoms. The van der Waals surface area contributed by atoms with Gasteiger partial charge in [-0.1, -0.05) is 54.4 Å². The second-order valence-corrected chi connectivity index (χ2v) is 6.71. The molecule has 2 nitrogen and oxygen atoms in total. The molecular formula is C16H35NO. The fourth-order valence-corrected chi connectivity index (χ4v) is 2.81. The minimum atomic E-state index is 0.187. The summed E-state index contributed by atoms with van der Waals surface area (Å²) in [7, 11) is 1.85. The van der Waals surface area contributed by atoms with Crippen LogP contribution < -0.4 is 5.32 Å². The molecule has 0 saturated heterocycles. The maximum Gasteiger partial charge on any atom is 0.0772 e. The highest BCUT2D eigenvalue weighted by molar-refractivity contribution is 4.87.